The van der Waals surface area contributed by atoms with Crippen molar-refractivity contribution in [3.63, 3.8) is 0 Å². The van der Waals surface area contributed by atoms with Crippen molar-refractivity contribution in [2.24, 2.45) is 0 Å². The molecule has 3 nitrogen and oxygen atoms in total. The van der Waals surface area contributed by atoms with Crippen molar-refractivity contribution in [2.45, 2.75) is 31.7 Å². The highest BCUT2D eigenvalue weighted by Gasteiger charge is 2.47. The zero-order chi connectivity index (χ0) is 12.3. The van der Waals surface area contributed by atoms with Gasteiger partial charge in [-0.3, -0.25) is 4.90 Å². The number of aliphatic carboxylic acids is 1. The predicted octanol–water partition coefficient (Wildman–Crippen LogP) is 2.47. The van der Waals surface area contributed by atoms with E-state index in [1.54, 1.807) is 0 Å². The lowest BCUT2D eigenvalue weighted by Crippen LogP contribution is -2.57. The monoisotopic (exact) mass is 233 g/mol. The van der Waals surface area contributed by atoms with Gasteiger partial charge in [-0.1, -0.05) is 43.7 Å². The molecule has 1 fully saturated rings. The number of likely N-dealkylation sites (tertiary alicyclic amines) is 1. The predicted molar refractivity (Wildman–Crippen MR) is 66.9 cm³/mol. The summed E-state index contributed by atoms with van der Waals surface area (Å²) >= 11 is 0. The van der Waals surface area contributed by atoms with Gasteiger partial charge in [0.15, 0.2) is 0 Å². The molecule has 17 heavy (non-hydrogen) atoms. The van der Waals surface area contributed by atoms with Crippen LogP contribution in [0.5, 0.6) is 0 Å². The van der Waals surface area contributed by atoms with Crippen LogP contribution >= 0.6 is 0 Å². The largest absolute Gasteiger partial charge is 0.480 e. The highest BCUT2D eigenvalue weighted by Crippen LogP contribution is 2.37. The fourth-order valence-corrected chi connectivity index (χ4v) is 2.62. The number of hydrogen-bond donors (Lipinski definition) is 1. The number of hydrogen-bond acceptors (Lipinski definition) is 2. The third-order valence-electron chi connectivity index (χ3n) is 3.61. The molecular formula is C14H19NO2. The zero-order valence-electron chi connectivity index (χ0n) is 10.2. The molecule has 1 aromatic carbocycles. The van der Waals surface area contributed by atoms with E-state index < -0.39 is 11.5 Å². The number of carboxylic acids is 1. The molecule has 1 aliphatic rings. The van der Waals surface area contributed by atoms with E-state index in [1.165, 1.54) is 0 Å². The van der Waals surface area contributed by atoms with Crippen molar-refractivity contribution >= 4 is 5.97 Å². The molecule has 0 radical (unpaired) electrons. The Morgan fingerprint density at radius 3 is 2.41 bits per heavy atom. The Hall–Kier alpha value is -1.35. The second-order valence-corrected chi connectivity index (χ2v) is 4.62. The smallest absolute Gasteiger partial charge is 0.328 e. The molecular weight excluding hydrogens is 214 g/mol. The van der Waals surface area contributed by atoms with Gasteiger partial charge in [-0.15, -0.1) is 0 Å². The molecule has 1 aliphatic heterocycles. The quantitative estimate of drug-likeness (QED) is 0.849. The number of rotatable bonds is 5. The van der Waals surface area contributed by atoms with Gasteiger partial charge in [-0.2, -0.15) is 0 Å². The van der Waals surface area contributed by atoms with Crippen molar-refractivity contribution in [1.82, 2.24) is 4.90 Å². The number of benzene rings is 1. The molecule has 0 aromatic heterocycles. The van der Waals surface area contributed by atoms with Gasteiger partial charge < -0.3 is 5.11 Å². The van der Waals surface area contributed by atoms with Gasteiger partial charge in [0.1, 0.15) is 5.54 Å². The molecule has 1 saturated heterocycles. The van der Waals surface area contributed by atoms with E-state index >= 15 is 0 Å². The average molecular weight is 233 g/mol. The summed E-state index contributed by atoms with van der Waals surface area (Å²) in [6, 6.07) is 9.63. The molecule has 2 rings (SSSR count). The molecule has 1 unspecified atom stereocenters. The maximum Gasteiger partial charge on any atom is 0.328 e. The highest BCUT2D eigenvalue weighted by molar-refractivity contribution is 5.81. The third kappa shape index (κ3) is 1.95. The third-order valence-corrected chi connectivity index (χ3v) is 3.61. The maximum absolute atomic E-state index is 11.8. The van der Waals surface area contributed by atoms with Crippen LogP contribution in [-0.2, 0) is 10.3 Å². The second-order valence-electron chi connectivity index (χ2n) is 4.62. The van der Waals surface area contributed by atoms with Gasteiger partial charge in [0.05, 0.1) is 0 Å². The molecule has 0 saturated carbocycles. The minimum atomic E-state index is -0.811. The summed E-state index contributed by atoms with van der Waals surface area (Å²) in [5.41, 5.74) is 0.0999. The van der Waals surface area contributed by atoms with Crippen LogP contribution in [-0.4, -0.2) is 29.1 Å². The van der Waals surface area contributed by atoms with Gasteiger partial charge in [0.2, 0.25) is 0 Å². The van der Waals surface area contributed by atoms with Crippen LogP contribution in [0.4, 0.5) is 0 Å². The molecule has 0 bridgehead atoms. The Bertz CT molecular complexity index is 386. The fraction of sp³-hybridized carbons (Fsp3) is 0.500. The van der Waals surface area contributed by atoms with Crippen molar-refractivity contribution in [3.8, 4) is 0 Å². The molecule has 1 N–H and O–H groups in total. The topological polar surface area (TPSA) is 40.5 Å². The lowest BCUT2D eigenvalue weighted by atomic mass is 9.82. The summed E-state index contributed by atoms with van der Waals surface area (Å²) in [6.45, 7) is 3.82. The minimum Gasteiger partial charge on any atom is -0.480 e. The summed E-state index contributed by atoms with van der Waals surface area (Å²) in [5.74, 6) is -0.717. The lowest BCUT2D eigenvalue weighted by molar-refractivity contribution is -0.156. The Balaban J connectivity index is 2.43. The number of nitrogens with zero attached hydrogens (tertiary/aromatic N) is 1. The average Bonchev–Trinajstić information content (AvgIpc) is 2.26. The molecule has 1 aromatic rings. The molecule has 1 atom stereocenters. The van der Waals surface area contributed by atoms with E-state index in [1.807, 2.05) is 37.3 Å². The standard InChI is InChI=1S/C14H19NO2/c1-2-9-14(13(16)17,15-10-6-11-15)12-7-4-3-5-8-12/h3-5,7-8H,2,6,9-11H2,1H3,(H,16,17). The summed E-state index contributed by atoms with van der Waals surface area (Å²) in [7, 11) is 0. The van der Waals surface area contributed by atoms with Crippen LogP contribution < -0.4 is 0 Å². The summed E-state index contributed by atoms with van der Waals surface area (Å²) in [6.07, 6.45) is 2.65. The van der Waals surface area contributed by atoms with Crippen molar-refractivity contribution < 1.29 is 9.90 Å². The molecule has 3 heteroatoms. The van der Waals surface area contributed by atoms with Gasteiger partial charge in [-0.25, -0.2) is 4.79 Å². The van der Waals surface area contributed by atoms with Crippen molar-refractivity contribution in [1.29, 1.82) is 0 Å². The van der Waals surface area contributed by atoms with E-state index in [0.717, 1.165) is 31.5 Å². The summed E-state index contributed by atoms with van der Waals surface area (Å²) in [4.78, 5) is 13.9. The minimum absolute atomic E-state index is 0.673. The highest BCUT2D eigenvalue weighted by atomic mass is 16.4. The lowest BCUT2D eigenvalue weighted by Gasteiger charge is -2.46. The van der Waals surface area contributed by atoms with Crippen LogP contribution in [0.3, 0.4) is 0 Å². The van der Waals surface area contributed by atoms with Crippen LogP contribution in [0.15, 0.2) is 30.3 Å². The fourth-order valence-electron chi connectivity index (χ4n) is 2.62. The number of carbonyl (C=O) groups is 1. The molecule has 0 amide bonds. The first-order chi connectivity index (χ1) is 8.21. The zero-order valence-corrected chi connectivity index (χ0v) is 10.2. The van der Waals surface area contributed by atoms with Gasteiger partial charge in [-0.05, 0) is 18.4 Å². The van der Waals surface area contributed by atoms with Crippen molar-refractivity contribution in [3.05, 3.63) is 35.9 Å². The van der Waals surface area contributed by atoms with E-state index in [2.05, 4.69) is 4.90 Å². The molecule has 92 valence electrons. The van der Waals surface area contributed by atoms with E-state index in [0.29, 0.717) is 6.42 Å². The second kappa shape index (κ2) is 4.88. The van der Waals surface area contributed by atoms with E-state index in [4.69, 9.17) is 0 Å². The Kier molecular flexibility index (Phi) is 3.48. The summed E-state index contributed by atoms with van der Waals surface area (Å²) in [5, 5.41) is 9.70. The number of carboxylic acid groups (broad SMARTS) is 1. The van der Waals surface area contributed by atoms with Crippen LogP contribution in [0.1, 0.15) is 31.7 Å². The Morgan fingerprint density at radius 2 is 2.00 bits per heavy atom. The molecule has 0 aliphatic carbocycles. The van der Waals surface area contributed by atoms with Crippen LogP contribution in [0, 0.1) is 0 Å². The van der Waals surface area contributed by atoms with Crippen LogP contribution in [0.25, 0.3) is 0 Å². The SMILES string of the molecule is CCCC(C(=O)O)(c1ccccc1)N1CCC1. The maximum atomic E-state index is 11.8. The van der Waals surface area contributed by atoms with Gasteiger partial charge in [0, 0.05) is 13.1 Å². The first-order valence-corrected chi connectivity index (χ1v) is 6.26. The van der Waals surface area contributed by atoms with E-state index in [9.17, 15) is 9.90 Å². The molecule has 1 heterocycles. The molecule has 0 spiro atoms. The first-order valence-electron chi connectivity index (χ1n) is 6.26. The van der Waals surface area contributed by atoms with Gasteiger partial charge >= 0.3 is 5.97 Å². The first kappa shape index (κ1) is 12.1. The normalized spacial score (nSPS) is 19.4. The Labute approximate surface area is 102 Å². The Morgan fingerprint density at radius 1 is 1.35 bits per heavy atom. The van der Waals surface area contributed by atoms with Gasteiger partial charge in [0.25, 0.3) is 0 Å². The summed E-state index contributed by atoms with van der Waals surface area (Å²) < 4.78 is 0. The van der Waals surface area contributed by atoms with Crippen molar-refractivity contribution in [2.75, 3.05) is 13.1 Å². The van der Waals surface area contributed by atoms with E-state index in [-0.39, 0.29) is 0 Å². The van der Waals surface area contributed by atoms with Crippen LogP contribution in [0.2, 0.25) is 0 Å².